The summed E-state index contributed by atoms with van der Waals surface area (Å²) in [5.74, 6) is 0.843. The van der Waals surface area contributed by atoms with E-state index in [0.29, 0.717) is 13.1 Å². The number of carbonyl (C=O) groups is 1. The quantitative estimate of drug-likeness (QED) is 0.596. The monoisotopic (exact) mass is 386 g/mol. The maximum Gasteiger partial charge on any atom is 0.314 e. The molecule has 0 fully saturated rings. The van der Waals surface area contributed by atoms with E-state index in [0.717, 1.165) is 18.6 Å². The van der Waals surface area contributed by atoms with Crippen LogP contribution >= 0.6 is 22.7 Å². The average molecular weight is 387 g/mol. The maximum absolute atomic E-state index is 11.9. The molecule has 0 spiro atoms. The van der Waals surface area contributed by atoms with E-state index < -0.39 is 0 Å². The molecule has 2 aromatic heterocycles. The number of thiophene rings is 2. The lowest BCUT2D eigenvalue weighted by atomic mass is 10.1. The molecule has 3 aromatic rings. The van der Waals surface area contributed by atoms with Crippen LogP contribution in [-0.4, -0.2) is 26.2 Å². The molecule has 0 radical (unpaired) electrons. The highest BCUT2D eigenvalue weighted by molar-refractivity contribution is 7.16. The van der Waals surface area contributed by atoms with E-state index in [-0.39, 0.29) is 6.03 Å². The topological polar surface area (TPSA) is 50.4 Å². The van der Waals surface area contributed by atoms with Crippen LogP contribution in [0, 0.1) is 0 Å². The van der Waals surface area contributed by atoms with Crippen LogP contribution in [0.2, 0.25) is 0 Å². The zero-order valence-electron chi connectivity index (χ0n) is 14.7. The Hall–Kier alpha value is -2.31. The molecule has 26 heavy (non-hydrogen) atoms. The standard InChI is InChI=1S/C20H22N2O2S2/c1-24-17-4-2-15(3-5-17)8-11-21-20(23)22-12-9-18-6-7-19(26-18)16-10-13-25-14-16/h2-7,10,13-14H,8-9,11-12H2,1H3,(H2,21,22,23). The predicted octanol–water partition coefficient (Wildman–Crippen LogP) is 4.57. The summed E-state index contributed by atoms with van der Waals surface area (Å²) in [5.41, 5.74) is 2.45. The zero-order valence-corrected chi connectivity index (χ0v) is 16.3. The molecular formula is C20H22N2O2S2. The van der Waals surface area contributed by atoms with E-state index in [2.05, 4.69) is 39.6 Å². The molecule has 0 unspecified atom stereocenters. The van der Waals surface area contributed by atoms with Gasteiger partial charge in [-0.05, 0) is 59.5 Å². The van der Waals surface area contributed by atoms with E-state index in [1.807, 2.05) is 24.3 Å². The van der Waals surface area contributed by atoms with Gasteiger partial charge in [0, 0.05) is 28.4 Å². The number of benzene rings is 1. The molecule has 0 aliphatic rings. The molecule has 136 valence electrons. The molecule has 0 saturated heterocycles. The number of amides is 2. The molecule has 0 aliphatic carbocycles. The summed E-state index contributed by atoms with van der Waals surface area (Å²) >= 11 is 3.49. The first-order valence-electron chi connectivity index (χ1n) is 8.50. The molecule has 3 rings (SSSR count). The first-order valence-corrected chi connectivity index (χ1v) is 10.3. The lowest BCUT2D eigenvalue weighted by Crippen LogP contribution is -2.37. The highest BCUT2D eigenvalue weighted by Gasteiger charge is 2.05. The summed E-state index contributed by atoms with van der Waals surface area (Å²) < 4.78 is 5.14. The van der Waals surface area contributed by atoms with Crippen molar-refractivity contribution >= 4 is 28.7 Å². The van der Waals surface area contributed by atoms with E-state index in [1.165, 1.54) is 20.9 Å². The van der Waals surface area contributed by atoms with E-state index in [4.69, 9.17) is 4.74 Å². The van der Waals surface area contributed by atoms with Crippen molar-refractivity contribution in [1.29, 1.82) is 0 Å². The van der Waals surface area contributed by atoms with Crippen molar-refractivity contribution < 1.29 is 9.53 Å². The Bertz CT molecular complexity index is 811. The average Bonchev–Trinajstić information content (AvgIpc) is 3.34. The van der Waals surface area contributed by atoms with Gasteiger partial charge in [0.2, 0.25) is 0 Å². The highest BCUT2D eigenvalue weighted by atomic mass is 32.1. The lowest BCUT2D eigenvalue weighted by molar-refractivity contribution is 0.241. The minimum Gasteiger partial charge on any atom is -0.497 e. The number of hydrogen-bond donors (Lipinski definition) is 2. The summed E-state index contributed by atoms with van der Waals surface area (Å²) in [7, 11) is 1.65. The van der Waals surface area contributed by atoms with Gasteiger partial charge in [0.1, 0.15) is 5.75 Å². The molecular weight excluding hydrogens is 364 g/mol. The molecule has 0 bridgehead atoms. The number of nitrogens with one attached hydrogen (secondary N) is 2. The van der Waals surface area contributed by atoms with Crippen molar-refractivity contribution in [3.63, 3.8) is 0 Å². The number of methoxy groups -OCH3 is 1. The third kappa shape index (κ3) is 5.34. The Kier molecular flexibility index (Phi) is 6.68. The fourth-order valence-electron chi connectivity index (χ4n) is 2.55. The Labute approximate surface area is 161 Å². The van der Waals surface area contributed by atoms with Crippen LogP contribution in [0.1, 0.15) is 10.4 Å². The van der Waals surface area contributed by atoms with E-state index in [1.54, 1.807) is 29.8 Å². The summed E-state index contributed by atoms with van der Waals surface area (Å²) in [5, 5.41) is 10.1. The van der Waals surface area contributed by atoms with Crippen LogP contribution in [0.25, 0.3) is 10.4 Å². The van der Waals surface area contributed by atoms with Crippen molar-refractivity contribution in [2.45, 2.75) is 12.8 Å². The maximum atomic E-state index is 11.9. The SMILES string of the molecule is COc1ccc(CCNC(=O)NCCc2ccc(-c3ccsc3)s2)cc1. The van der Waals surface area contributed by atoms with Gasteiger partial charge in [0.15, 0.2) is 0 Å². The van der Waals surface area contributed by atoms with Gasteiger partial charge >= 0.3 is 6.03 Å². The Morgan fingerprint density at radius 1 is 1.00 bits per heavy atom. The molecule has 0 aliphatic heterocycles. The summed E-state index contributed by atoms with van der Waals surface area (Å²) in [6.45, 7) is 1.25. The van der Waals surface area contributed by atoms with Gasteiger partial charge in [-0.1, -0.05) is 12.1 Å². The lowest BCUT2D eigenvalue weighted by Gasteiger charge is -2.07. The van der Waals surface area contributed by atoms with Crippen LogP contribution in [0.3, 0.4) is 0 Å². The van der Waals surface area contributed by atoms with Crippen molar-refractivity contribution in [3.8, 4) is 16.2 Å². The van der Waals surface area contributed by atoms with Gasteiger partial charge in [0.05, 0.1) is 7.11 Å². The number of rotatable bonds is 8. The number of ether oxygens (including phenoxy) is 1. The minimum atomic E-state index is -0.117. The van der Waals surface area contributed by atoms with E-state index in [9.17, 15) is 4.79 Å². The predicted molar refractivity (Wildman–Crippen MR) is 109 cm³/mol. The van der Waals surface area contributed by atoms with Crippen molar-refractivity contribution in [3.05, 3.63) is 63.7 Å². The van der Waals surface area contributed by atoms with Crippen molar-refractivity contribution in [2.75, 3.05) is 20.2 Å². The van der Waals surface area contributed by atoms with Crippen molar-refractivity contribution in [2.24, 2.45) is 0 Å². The third-order valence-corrected chi connectivity index (χ3v) is 5.86. The van der Waals surface area contributed by atoms with Gasteiger partial charge in [-0.3, -0.25) is 0 Å². The summed E-state index contributed by atoms with van der Waals surface area (Å²) in [4.78, 5) is 14.4. The Morgan fingerprint density at radius 3 is 2.46 bits per heavy atom. The molecule has 2 heterocycles. The fraction of sp³-hybridized carbons (Fsp3) is 0.250. The number of hydrogen-bond acceptors (Lipinski definition) is 4. The molecule has 1 aromatic carbocycles. The second kappa shape index (κ2) is 9.40. The summed E-state index contributed by atoms with van der Waals surface area (Å²) in [6, 6.07) is 14.2. The molecule has 0 atom stereocenters. The first kappa shape index (κ1) is 18.5. The van der Waals surface area contributed by atoms with Crippen LogP contribution in [0.5, 0.6) is 5.75 Å². The van der Waals surface area contributed by atoms with Crippen LogP contribution in [-0.2, 0) is 12.8 Å². The largest absolute Gasteiger partial charge is 0.497 e. The zero-order chi connectivity index (χ0) is 18.2. The second-order valence-corrected chi connectivity index (χ2v) is 7.76. The van der Waals surface area contributed by atoms with E-state index >= 15 is 0 Å². The Balaban J connectivity index is 1.34. The van der Waals surface area contributed by atoms with Crippen LogP contribution in [0.4, 0.5) is 4.79 Å². The summed E-state index contributed by atoms with van der Waals surface area (Å²) in [6.07, 6.45) is 1.65. The number of urea groups is 1. The molecule has 2 amide bonds. The van der Waals surface area contributed by atoms with Gasteiger partial charge in [-0.25, -0.2) is 4.79 Å². The number of carbonyl (C=O) groups excluding carboxylic acids is 1. The second-order valence-electron chi connectivity index (χ2n) is 5.81. The van der Waals surface area contributed by atoms with Crippen LogP contribution in [0.15, 0.2) is 53.2 Å². The highest BCUT2D eigenvalue weighted by Crippen LogP contribution is 2.29. The van der Waals surface area contributed by atoms with Gasteiger partial charge in [-0.2, -0.15) is 11.3 Å². The van der Waals surface area contributed by atoms with Crippen molar-refractivity contribution in [1.82, 2.24) is 10.6 Å². The van der Waals surface area contributed by atoms with Gasteiger partial charge < -0.3 is 15.4 Å². The molecule has 6 heteroatoms. The molecule has 2 N–H and O–H groups in total. The smallest absolute Gasteiger partial charge is 0.314 e. The minimum absolute atomic E-state index is 0.117. The van der Waals surface area contributed by atoms with Crippen LogP contribution < -0.4 is 15.4 Å². The van der Waals surface area contributed by atoms with Gasteiger partial charge in [-0.15, -0.1) is 11.3 Å². The fourth-order valence-corrected chi connectivity index (χ4v) is 4.28. The molecule has 4 nitrogen and oxygen atoms in total. The molecule has 0 saturated carbocycles. The Morgan fingerprint density at radius 2 is 1.77 bits per heavy atom. The third-order valence-electron chi connectivity index (χ3n) is 3.98. The normalized spacial score (nSPS) is 10.5. The first-order chi connectivity index (χ1) is 12.7. The van der Waals surface area contributed by atoms with Gasteiger partial charge in [0.25, 0.3) is 0 Å².